The lowest BCUT2D eigenvalue weighted by atomic mass is 10.1. The van der Waals surface area contributed by atoms with E-state index in [0.717, 1.165) is 10.5 Å². The number of hydrogen-bond donors (Lipinski definition) is 1. The van der Waals surface area contributed by atoms with Crippen molar-refractivity contribution in [3.63, 3.8) is 0 Å². The Labute approximate surface area is 203 Å². The summed E-state index contributed by atoms with van der Waals surface area (Å²) in [5, 5.41) is 4.20. The van der Waals surface area contributed by atoms with Crippen molar-refractivity contribution in [1.82, 2.24) is 19.4 Å². The van der Waals surface area contributed by atoms with Gasteiger partial charge in [-0.25, -0.2) is 13.1 Å². The fraction of sp³-hybridized carbons (Fsp3) is 0.280. The molecule has 2 aromatic carbocycles. The molecule has 2 heterocycles. The van der Waals surface area contributed by atoms with Gasteiger partial charge in [0.1, 0.15) is 6.04 Å². The molecule has 1 aromatic heterocycles. The van der Waals surface area contributed by atoms with E-state index in [1.807, 2.05) is 6.92 Å². The molecule has 0 spiro atoms. The van der Waals surface area contributed by atoms with Crippen molar-refractivity contribution in [2.45, 2.75) is 44.6 Å². The molecule has 2 amide bonds. The Kier molecular flexibility index (Phi) is 6.68. The normalized spacial score (nSPS) is 14.3. The number of benzene rings is 2. The third-order valence-corrected chi connectivity index (χ3v) is 7.39. The van der Waals surface area contributed by atoms with Crippen LogP contribution in [0.5, 0.6) is 0 Å². The molecule has 1 aliphatic rings. The van der Waals surface area contributed by atoms with Crippen LogP contribution < -0.4 is 4.72 Å². The van der Waals surface area contributed by atoms with Gasteiger partial charge in [0.2, 0.25) is 10.0 Å². The first-order chi connectivity index (χ1) is 16.6. The summed E-state index contributed by atoms with van der Waals surface area (Å²) in [4.78, 5) is 39.7. The first kappa shape index (κ1) is 24.5. The molecule has 1 unspecified atom stereocenters. The molecule has 10 heteroatoms. The summed E-state index contributed by atoms with van der Waals surface area (Å²) in [5.41, 5.74) is 2.79. The van der Waals surface area contributed by atoms with Crippen LogP contribution in [-0.4, -0.2) is 53.4 Å². The summed E-state index contributed by atoms with van der Waals surface area (Å²) in [6.07, 6.45) is 0.285. The van der Waals surface area contributed by atoms with Gasteiger partial charge in [-0.1, -0.05) is 29.8 Å². The van der Waals surface area contributed by atoms with Gasteiger partial charge in [0, 0.05) is 12.2 Å². The van der Waals surface area contributed by atoms with Crippen molar-refractivity contribution in [2.75, 3.05) is 6.54 Å². The molecular weight excluding hydrogens is 468 g/mol. The van der Waals surface area contributed by atoms with E-state index >= 15 is 0 Å². The summed E-state index contributed by atoms with van der Waals surface area (Å²) in [6.45, 7) is 5.35. The van der Waals surface area contributed by atoms with E-state index in [1.54, 1.807) is 56.3 Å². The molecule has 1 N–H and O–H groups in total. The predicted octanol–water partition coefficient (Wildman–Crippen LogP) is 2.87. The minimum atomic E-state index is -4.01. The highest BCUT2D eigenvalue weighted by atomic mass is 32.2. The highest BCUT2D eigenvalue weighted by molar-refractivity contribution is 7.89. The molecule has 0 fully saturated rings. The van der Waals surface area contributed by atoms with Gasteiger partial charge in [-0.3, -0.25) is 19.3 Å². The quantitative estimate of drug-likeness (QED) is 0.481. The lowest BCUT2D eigenvalue weighted by Gasteiger charge is -2.20. The molecule has 0 saturated heterocycles. The molecule has 35 heavy (non-hydrogen) atoms. The van der Waals surface area contributed by atoms with E-state index in [9.17, 15) is 22.8 Å². The number of aryl methyl sites for hydroxylation is 3. The lowest BCUT2D eigenvalue weighted by molar-refractivity contribution is 0.0650. The number of rotatable bonds is 8. The van der Waals surface area contributed by atoms with Crippen molar-refractivity contribution >= 4 is 27.7 Å². The van der Waals surface area contributed by atoms with Gasteiger partial charge in [-0.2, -0.15) is 9.82 Å². The van der Waals surface area contributed by atoms with Crippen molar-refractivity contribution in [1.29, 1.82) is 0 Å². The predicted molar refractivity (Wildman–Crippen MR) is 129 cm³/mol. The fourth-order valence-corrected chi connectivity index (χ4v) is 5.32. The average molecular weight is 495 g/mol. The largest absolute Gasteiger partial charge is 0.274 e. The number of carbonyl (C=O) groups excluding carboxylic acids is 3. The zero-order valence-electron chi connectivity index (χ0n) is 19.7. The third-order valence-electron chi connectivity index (χ3n) is 5.90. The summed E-state index contributed by atoms with van der Waals surface area (Å²) in [6, 6.07) is 13.5. The monoisotopic (exact) mass is 494 g/mol. The van der Waals surface area contributed by atoms with E-state index in [4.69, 9.17) is 0 Å². The third kappa shape index (κ3) is 4.94. The molecule has 0 aliphatic carbocycles. The summed E-state index contributed by atoms with van der Waals surface area (Å²) < 4.78 is 29.8. The number of imide groups is 1. The molecule has 3 aromatic rings. The van der Waals surface area contributed by atoms with Gasteiger partial charge < -0.3 is 0 Å². The maximum atomic E-state index is 13.3. The molecule has 0 saturated carbocycles. The Hall–Kier alpha value is -3.63. The first-order valence-electron chi connectivity index (χ1n) is 11.2. The number of fused-ring (bicyclic) bond motifs is 1. The molecule has 0 bridgehead atoms. The van der Waals surface area contributed by atoms with E-state index in [2.05, 4.69) is 9.82 Å². The lowest BCUT2D eigenvalue weighted by Crippen LogP contribution is -2.44. The van der Waals surface area contributed by atoms with Crippen molar-refractivity contribution < 1.29 is 22.8 Å². The van der Waals surface area contributed by atoms with Gasteiger partial charge in [-0.15, -0.1) is 0 Å². The van der Waals surface area contributed by atoms with Gasteiger partial charge >= 0.3 is 0 Å². The molecule has 1 aliphatic heterocycles. The minimum Gasteiger partial charge on any atom is -0.274 e. The second-order valence-corrected chi connectivity index (χ2v) is 10.3. The van der Waals surface area contributed by atoms with Crippen LogP contribution in [0.4, 0.5) is 0 Å². The second kappa shape index (κ2) is 9.55. The summed E-state index contributed by atoms with van der Waals surface area (Å²) in [7, 11) is -4.01. The Morgan fingerprint density at radius 1 is 0.971 bits per heavy atom. The number of nitrogens with zero attached hydrogens (tertiary/aromatic N) is 3. The highest BCUT2D eigenvalue weighted by Crippen LogP contribution is 2.23. The Balaban J connectivity index is 1.53. The molecule has 0 radical (unpaired) electrons. The Bertz CT molecular complexity index is 1370. The SMILES string of the molecule is Cc1ccc(S(=O)(=O)NC(CCCN2C(=O)c3ccccc3C2=O)C(=O)n2nc(C)cc2C)cc1. The zero-order valence-corrected chi connectivity index (χ0v) is 20.5. The number of amides is 2. The Morgan fingerprint density at radius 2 is 1.57 bits per heavy atom. The van der Waals surface area contributed by atoms with Crippen LogP contribution in [0, 0.1) is 20.8 Å². The van der Waals surface area contributed by atoms with E-state index in [1.165, 1.54) is 16.8 Å². The van der Waals surface area contributed by atoms with Gasteiger partial charge in [0.15, 0.2) is 0 Å². The smallest absolute Gasteiger partial charge is 0.265 e. The molecule has 9 nitrogen and oxygen atoms in total. The van der Waals surface area contributed by atoms with Crippen LogP contribution >= 0.6 is 0 Å². The fourth-order valence-electron chi connectivity index (χ4n) is 4.10. The highest BCUT2D eigenvalue weighted by Gasteiger charge is 2.35. The number of nitrogens with one attached hydrogen (secondary N) is 1. The van der Waals surface area contributed by atoms with Gasteiger partial charge in [0.25, 0.3) is 17.7 Å². The maximum absolute atomic E-state index is 13.3. The van der Waals surface area contributed by atoms with Crippen LogP contribution in [0.2, 0.25) is 0 Å². The molecule has 1 atom stereocenters. The topological polar surface area (TPSA) is 118 Å². The van der Waals surface area contributed by atoms with Crippen LogP contribution in [-0.2, 0) is 10.0 Å². The first-order valence-corrected chi connectivity index (χ1v) is 12.7. The van der Waals surface area contributed by atoms with E-state index in [0.29, 0.717) is 22.5 Å². The zero-order chi connectivity index (χ0) is 25.3. The number of aromatic nitrogens is 2. The van der Waals surface area contributed by atoms with Crippen molar-refractivity contribution in [2.24, 2.45) is 0 Å². The van der Waals surface area contributed by atoms with Crippen LogP contribution in [0.3, 0.4) is 0 Å². The molecule has 182 valence electrons. The van der Waals surface area contributed by atoms with Crippen molar-refractivity contribution in [3.05, 3.63) is 82.7 Å². The second-order valence-electron chi connectivity index (χ2n) is 8.61. The van der Waals surface area contributed by atoms with Gasteiger partial charge in [-0.05, 0) is 63.9 Å². The number of hydrogen-bond acceptors (Lipinski definition) is 6. The van der Waals surface area contributed by atoms with Crippen molar-refractivity contribution in [3.8, 4) is 0 Å². The van der Waals surface area contributed by atoms with Gasteiger partial charge in [0.05, 0.1) is 21.7 Å². The molecular formula is C25H26N4O5S. The standard InChI is InChI=1S/C25H26N4O5S/c1-16-10-12-19(13-11-16)35(33,34)27-22(25(32)29-18(3)15-17(2)26-29)9-6-14-28-23(30)20-7-4-5-8-21(20)24(28)31/h4-5,7-8,10-13,15,22,27H,6,9,14H2,1-3H3. The molecule has 4 rings (SSSR count). The van der Waals surface area contributed by atoms with Crippen LogP contribution in [0.1, 0.15) is 55.3 Å². The number of sulfonamides is 1. The number of carbonyl (C=O) groups is 3. The van der Waals surface area contributed by atoms with E-state index in [-0.39, 0.29) is 24.3 Å². The van der Waals surface area contributed by atoms with E-state index < -0.39 is 33.8 Å². The summed E-state index contributed by atoms with van der Waals surface area (Å²) >= 11 is 0. The summed E-state index contributed by atoms with van der Waals surface area (Å²) in [5.74, 6) is -1.33. The Morgan fingerprint density at radius 3 is 2.11 bits per heavy atom. The average Bonchev–Trinajstić information content (AvgIpc) is 3.28. The minimum absolute atomic E-state index is 0.0367. The van der Waals surface area contributed by atoms with Crippen LogP contribution in [0.25, 0.3) is 0 Å². The van der Waals surface area contributed by atoms with Crippen LogP contribution in [0.15, 0.2) is 59.5 Å². The maximum Gasteiger partial charge on any atom is 0.265 e.